The van der Waals surface area contributed by atoms with Crippen LogP contribution in [-0.4, -0.2) is 73.4 Å². The third-order valence-corrected chi connectivity index (χ3v) is 8.02. The number of H-pyrrole nitrogens is 1. The number of fused-ring (bicyclic) bond motifs is 2. The Labute approximate surface area is 221 Å². The summed E-state index contributed by atoms with van der Waals surface area (Å²) in [5.74, 6) is 1.67. The molecule has 0 unspecified atom stereocenters. The fraction of sp³-hybridized carbons (Fsp3) is 0.296. The number of nitrogens with zero attached hydrogens (tertiary/aromatic N) is 4. The monoisotopic (exact) mass is 533 g/mol. The van der Waals surface area contributed by atoms with Crippen molar-refractivity contribution in [2.24, 2.45) is 0 Å². The van der Waals surface area contributed by atoms with Crippen LogP contribution in [-0.2, 0) is 15.8 Å². The molecule has 0 saturated carbocycles. The molecule has 1 aliphatic heterocycles. The summed E-state index contributed by atoms with van der Waals surface area (Å²) in [4.78, 5) is 29.0. The van der Waals surface area contributed by atoms with E-state index in [4.69, 9.17) is 9.72 Å². The van der Waals surface area contributed by atoms with Crippen LogP contribution < -0.4 is 25.6 Å². The van der Waals surface area contributed by atoms with Gasteiger partial charge < -0.3 is 34.7 Å². The predicted octanol–water partition coefficient (Wildman–Crippen LogP) is 4.15. The average Bonchev–Trinajstić information content (AvgIpc) is 3.50. The fourth-order valence-electron chi connectivity index (χ4n) is 4.79. The zero-order chi connectivity index (χ0) is 27.0. The fourth-order valence-corrected chi connectivity index (χ4v) is 5.95. The maximum atomic E-state index is 12.9. The molecule has 0 radical (unpaired) electrons. The van der Waals surface area contributed by atoms with Crippen LogP contribution in [0.4, 0.5) is 28.8 Å². The molecule has 0 spiro atoms. The number of methoxy groups -OCH3 is 1. The standard InChI is InChI=1S/C27H32N7O3P/c1-33(2)16-23(35)34-15-13-17-21(34)11-10-20(24(17)37-3)30-27-31-25-18(12-14-28-25)26(32-27)29-19-8-6-7-9-22(19)38(4,5)36/h6-12,14H,13,15-16H2,1-5H3,(H3,28,29,30,31,32). The van der Waals surface area contributed by atoms with Crippen molar-refractivity contribution in [3.63, 3.8) is 0 Å². The van der Waals surface area contributed by atoms with Crippen molar-refractivity contribution >= 4 is 58.2 Å². The number of hydrogen-bond acceptors (Lipinski definition) is 8. The van der Waals surface area contributed by atoms with Gasteiger partial charge in [-0.2, -0.15) is 9.97 Å². The number of likely N-dealkylation sites (N-methyl/N-ethyl adjacent to an activating group) is 1. The van der Waals surface area contributed by atoms with E-state index in [0.29, 0.717) is 48.4 Å². The van der Waals surface area contributed by atoms with Gasteiger partial charge in [-0.05, 0) is 64.2 Å². The molecule has 0 atom stereocenters. The highest BCUT2D eigenvalue weighted by atomic mass is 31.2. The second-order valence-corrected chi connectivity index (χ2v) is 13.1. The first kappa shape index (κ1) is 25.8. The number of amides is 1. The number of aromatic nitrogens is 3. The summed E-state index contributed by atoms with van der Waals surface area (Å²) in [7, 11) is 2.87. The van der Waals surface area contributed by atoms with E-state index in [1.807, 2.05) is 66.4 Å². The van der Waals surface area contributed by atoms with Gasteiger partial charge in [0.05, 0.1) is 36.1 Å². The molecule has 11 heteroatoms. The van der Waals surface area contributed by atoms with Crippen molar-refractivity contribution < 1.29 is 14.1 Å². The van der Waals surface area contributed by atoms with Crippen LogP contribution in [0, 0.1) is 0 Å². The van der Waals surface area contributed by atoms with Crippen LogP contribution in [0.25, 0.3) is 11.0 Å². The molecule has 3 N–H and O–H groups in total. The number of para-hydroxylation sites is 1. The van der Waals surface area contributed by atoms with Gasteiger partial charge in [0, 0.05) is 23.6 Å². The summed E-state index contributed by atoms with van der Waals surface area (Å²) in [6.45, 7) is 4.46. The molecule has 2 aromatic carbocycles. The second-order valence-electron chi connectivity index (χ2n) is 9.93. The van der Waals surface area contributed by atoms with E-state index in [-0.39, 0.29) is 5.91 Å². The Morgan fingerprint density at radius 2 is 1.89 bits per heavy atom. The lowest BCUT2D eigenvalue weighted by Crippen LogP contribution is -2.36. The minimum Gasteiger partial charge on any atom is -0.494 e. The van der Waals surface area contributed by atoms with E-state index in [1.165, 1.54) is 0 Å². The quantitative estimate of drug-likeness (QED) is 0.290. The Bertz CT molecular complexity index is 1560. The number of anilines is 5. The Morgan fingerprint density at radius 3 is 2.63 bits per heavy atom. The van der Waals surface area contributed by atoms with Crippen LogP contribution in [0.1, 0.15) is 5.56 Å². The number of hydrogen-bond donors (Lipinski definition) is 3. The molecule has 198 valence electrons. The first-order valence-corrected chi connectivity index (χ1v) is 14.9. The van der Waals surface area contributed by atoms with Crippen LogP contribution in [0.15, 0.2) is 48.7 Å². The van der Waals surface area contributed by atoms with Gasteiger partial charge in [-0.25, -0.2) is 0 Å². The molecule has 2 aromatic heterocycles. The van der Waals surface area contributed by atoms with Crippen molar-refractivity contribution in [3.05, 3.63) is 54.2 Å². The van der Waals surface area contributed by atoms with Gasteiger partial charge in [-0.15, -0.1) is 0 Å². The summed E-state index contributed by atoms with van der Waals surface area (Å²) in [5, 5.41) is 8.25. The van der Waals surface area contributed by atoms with Crippen molar-refractivity contribution in [1.29, 1.82) is 0 Å². The van der Waals surface area contributed by atoms with Gasteiger partial charge in [-0.1, -0.05) is 12.1 Å². The highest BCUT2D eigenvalue weighted by Crippen LogP contribution is 2.42. The molecule has 0 aliphatic carbocycles. The molecule has 1 amide bonds. The van der Waals surface area contributed by atoms with E-state index < -0.39 is 7.14 Å². The largest absolute Gasteiger partial charge is 0.494 e. The molecule has 0 saturated heterocycles. The molecular weight excluding hydrogens is 501 g/mol. The summed E-state index contributed by atoms with van der Waals surface area (Å²) >= 11 is 0. The molecule has 1 aliphatic rings. The lowest BCUT2D eigenvalue weighted by atomic mass is 10.1. The van der Waals surface area contributed by atoms with Gasteiger partial charge in [0.1, 0.15) is 24.4 Å². The molecule has 10 nitrogen and oxygen atoms in total. The topological polar surface area (TPSA) is 115 Å². The number of benzene rings is 2. The molecule has 4 aromatic rings. The number of carbonyl (C=O) groups is 1. The van der Waals surface area contributed by atoms with Crippen LogP contribution in [0.3, 0.4) is 0 Å². The normalized spacial score (nSPS) is 13.2. The number of rotatable bonds is 8. The molecule has 0 fully saturated rings. The molecule has 3 heterocycles. The van der Waals surface area contributed by atoms with Crippen molar-refractivity contribution in [3.8, 4) is 5.75 Å². The highest BCUT2D eigenvalue weighted by molar-refractivity contribution is 7.70. The van der Waals surface area contributed by atoms with Crippen molar-refractivity contribution in [1.82, 2.24) is 19.9 Å². The molecule has 0 bridgehead atoms. The first-order chi connectivity index (χ1) is 18.2. The van der Waals surface area contributed by atoms with Crippen molar-refractivity contribution in [2.75, 3.05) is 63.2 Å². The minimum absolute atomic E-state index is 0.0525. The molecule has 5 rings (SSSR count). The molecular formula is C27H32N7O3P. The van der Waals surface area contributed by atoms with Gasteiger partial charge in [0.25, 0.3) is 0 Å². The summed E-state index contributed by atoms with van der Waals surface area (Å²) < 4.78 is 18.7. The molecule has 38 heavy (non-hydrogen) atoms. The van der Waals surface area contributed by atoms with Gasteiger partial charge in [0.2, 0.25) is 11.9 Å². The summed E-state index contributed by atoms with van der Waals surface area (Å²) in [5.41, 5.74) is 3.93. The van der Waals surface area contributed by atoms with Crippen LogP contribution in [0.5, 0.6) is 5.75 Å². The van der Waals surface area contributed by atoms with E-state index >= 15 is 0 Å². The Balaban J connectivity index is 1.49. The lowest BCUT2D eigenvalue weighted by molar-refractivity contribution is -0.119. The van der Waals surface area contributed by atoms with E-state index in [0.717, 1.165) is 27.6 Å². The highest BCUT2D eigenvalue weighted by Gasteiger charge is 2.29. The number of ether oxygens (including phenoxy) is 1. The average molecular weight is 534 g/mol. The number of aromatic amines is 1. The third kappa shape index (κ3) is 4.97. The number of nitrogens with one attached hydrogen (secondary N) is 3. The lowest BCUT2D eigenvalue weighted by Gasteiger charge is -2.21. The van der Waals surface area contributed by atoms with Gasteiger partial charge >= 0.3 is 0 Å². The van der Waals surface area contributed by atoms with Crippen molar-refractivity contribution in [2.45, 2.75) is 6.42 Å². The Kier molecular flexibility index (Phi) is 6.86. The third-order valence-electron chi connectivity index (χ3n) is 6.47. The van der Waals surface area contributed by atoms with E-state index in [1.54, 1.807) is 26.6 Å². The maximum absolute atomic E-state index is 12.9. The van der Waals surface area contributed by atoms with Crippen LogP contribution >= 0.6 is 7.14 Å². The predicted molar refractivity (Wildman–Crippen MR) is 154 cm³/mol. The van der Waals surface area contributed by atoms with E-state index in [9.17, 15) is 9.36 Å². The summed E-state index contributed by atoms with van der Waals surface area (Å²) in [6, 6.07) is 13.3. The van der Waals surface area contributed by atoms with Gasteiger partial charge in [0.15, 0.2) is 0 Å². The van der Waals surface area contributed by atoms with Gasteiger partial charge in [-0.3, -0.25) is 4.79 Å². The van der Waals surface area contributed by atoms with Crippen LogP contribution in [0.2, 0.25) is 0 Å². The first-order valence-electron chi connectivity index (χ1n) is 12.3. The Hall–Kier alpha value is -3.88. The smallest absolute Gasteiger partial charge is 0.241 e. The Morgan fingerprint density at radius 1 is 1.11 bits per heavy atom. The second kappa shape index (κ2) is 10.1. The summed E-state index contributed by atoms with van der Waals surface area (Å²) in [6.07, 6.45) is 2.50. The van der Waals surface area contributed by atoms with E-state index in [2.05, 4.69) is 20.6 Å². The zero-order valence-corrected chi connectivity index (χ0v) is 23.1. The number of carbonyl (C=O) groups excluding carboxylic acids is 1. The SMILES string of the molecule is COc1c(Nc2nc(Nc3ccccc3P(C)(C)=O)c3cc[nH]c3n2)ccc2c1CCN2C(=O)CN(C)C. The zero-order valence-electron chi connectivity index (χ0n) is 22.2. The minimum atomic E-state index is -2.52. The maximum Gasteiger partial charge on any atom is 0.241 e.